The van der Waals surface area contributed by atoms with Crippen molar-refractivity contribution in [2.24, 2.45) is 0 Å². The number of halogens is 2. The second kappa shape index (κ2) is 8.32. The summed E-state index contributed by atoms with van der Waals surface area (Å²) < 4.78 is 28.1. The summed E-state index contributed by atoms with van der Waals surface area (Å²) in [7, 11) is -3.64. The van der Waals surface area contributed by atoms with Gasteiger partial charge in [-0.15, -0.1) is 0 Å². The molecule has 20 heavy (non-hydrogen) atoms. The van der Waals surface area contributed by atoms with Crippen LogP contribution >= 0.6 is 27.5 Å². The molecule has 0 amide bonds. The molecule has 7 heteroatoms. The van der Waals surface area contributed by atoms with Gasteiger partial charge in [-0.05, 0) is 34.8 Å². The lowest BCUT2D eigenvalue weighted by molar-refractivity contribution is 0.483. The van der Waals surface area contributed by atoms with Gasteiger partial charge in [0, 0.05) is 16.7 Å². The third-order valence-electron chi connectivity index (χ3n) is 2.93. The first-order valence-electron chi connectivity index (χ1n) is 6.74. The van der Waals surface area contributed by atoms with E-state index in [9.17, 15) is 8.42 Å². The normalized spacial score (nSPS) is 13.4. The zero-order chi connectivity index (χ0) is 15.2. The summed E-state index contributed by atoms with van der Waals surface area (Å²) in [5.41, 5.74) is 0. The highest BCUT2D eigenvalue weighted by molar-refractivity contribution is 9.10. The molecule has 0 aromatic carbocycles. The van der Waals surface area contributed by atoms with Crippen LogP contribution in [0.5, 0.6) is 0 Å². The van der Waals surface area contributed by atoms with Crippen LogP contribution in [0.3, 0.4) is 0 Å². The highest BCUT2D eigenvalue weighted by atomic mass is 79.9. The van der Waals surface area contributed by atoms with Crippen LogP contribution in [0.4, 0.5) is 0 Å². The van der Waals surface area contributed by atoms with Gasteiger partial charge in [0.1, 0.15) is 10.0 Å². The molecule has 114 valence electrons. The summed E-state index contributed by atoms with van der Waals surface area (Å²) in [4.78, 5) is 3.88. The smallest absolute Gasteiger partial charge is 0.242 e. The lowest BCUT2D eigenvalue weighted by Crippen LogP contribution is -2.35. The largest absolute Gasteiger partial charge is 0.243 e. The van der Waals surface area contributed by atoms with Crippen molar-refractivity contribution in [2.45, 2.75) is 56.9 Å². The maximum absolute atomic E-state index is 12.4. The van der Waals surface area contributed by atoms with Crippen LogP contribution in [0.2, 0.25) is 5.15 Å². The van der Waals surface area contributed by atoms with Crippen LogP contribution in [0, 0.1) is 0 Å². The van der Waals surface area contributed by atoms with Gasteiger partial charge in [0.2, 0.25) is 10.0 Å². The van der Waals surface area contributed by atoms with E-state index in [0.29, 0.717) is 4.47 Å². The summed E-state index contributed by atoms with van der Waals surface area (Å²) in [6.45, 7) is 4.13. The zero-order valence-corrected chi connectivity index (χ0v) is 14.9. The minimum atomic E-state index is -3.64. The monoisotopic (exact) mass is 382 g/mol. The molecule has 1 heterocycles. The van der Waals surface area contributed by atoms with Gasteiger partial charge in [-0.25, -0.2) is 18.1 Å². The predicted molar refractivity (Wildman–Crippen MR) is 85.5 cm³/mol. The first-order chi connectivity index (χ1) is 9.40. The fourth-order valence-corrected chi connectivity index (χ4v) is 4.19. The molecule has 0 fully saturated rings. The SMILES string of the molecule is CCCCC(CCC)NS(=O)(=O)c1cc(Br)cnc1Cl. The van der Waals surface area contributed by atoms with Crippen molar-refractivity contribution in [3.05, 3.63) is 21.9 Å². The van der Waals surface area contributed by atoms with E-state index in [2.05, 4.69) is 32.6 Å². The third-order valence-corrected chi connectivity index (χ3v) is 5.31. The Morgan fingerprint density at radius 2 is 2.05 bits per heavy atom. The summed E-state index contributed by atoms with van der Waals surface area (Å²) in [5.74, 6) is 0. The second-order valence-electron chi connectivity index (χ2n) is 4.69. The van der Waals surface area contributed by atoms with E-state index in [1.54, 1.807) is 0 Å². The Kier molecular flexibility index (Phi) is 7.43. The molecular weight excluding hydrogens is 364 g/mol. The van der Waals surface area contributed by atoms with Crippen molar-refractivity contribution in [3.63, 3.8) is 0 Å². The van der Waals surface area contributed by atoms with Crippen molar-refractivity contribution >= 4 is 37.6 Å². The van der Waals surface area contributed by atoms with Crippen LogP contribution < -0.4 is 4.72 Å². The van der Waals surface area contributed by atoms with E-state index in [1.807, 2.05) is 6.92 Å². The molecule has 0 aliphatic carbocycles. The molecule has 1 N–H and O–H groups in total. The molecule has 1 aromatic rings. The predicted octanol–water partition coefficient (Wildman–Crippen LogP) is 4.13. The fourth-order valence-electron chi connectivity index (χ4n) is 1.94. The Bertz CT molecular complexity index is 537. The Labute approximate surface area is 134 Å². The molecule has 1 unspecified atom stereocenters. The Morgan fingerprint density at radius 3 is 2.65 bits per heavy atom. The first kappa shape index (κ1) is 17.9. The quantitative estimate of drug-likeness (QED) is 0.686. The number of pyridine rings is 1. The number of sulfonamides is 1. The van der Waals surface area contributed by atoms with Crippen molar-refractivity contribution < 1.29 is 8.42 Å². The lowest BCUT2D eigenvalue weighted by Gasteiger charge is -2.18. The van der Waals surface area contributed by atoms with Gasteiger partial charge in [-0.3, -0.25) is 0 Å². The van der Waals surface area contributed by atoms with Gasteiger partial charge < -0.3 is 0 Å². The van der Waals surface area contributed by atoms with E-state index in [-0.39, 0.29) is 16.1 Å². The number of rotatable bonds is 8. The number of hydrogen-bond donors (Lipinski definition) is 1. The van der Waals surface area contributed by atoms with Crippen LogP contribution in [0.1, 0.15) is 46.0 Å². The molecule has 0 radical (unpaired) electrons. The van der Waals surface area contributed by atoms with Gasteiger partial charge in [0.05, 0.1) is 0 Å². The lowest BCUT2D eigenvalue weighted by atomic mass is 10.1. The highest BCUT2D eigenvalue weighted by Gasteiger charge is 2.23. The minimum absolute atomic E-state index is 0.00793. The van der Waals surface area contributed by atoms with Crippen LogP contribution in [-0.4, -0.2) is 19.4 Å². The van der Waals surface area contributed by atoms with Crippen LogP contribution in [0.25, 0.3) is 0 Å². The summed E-state index contributed by atoms with van der Waals surface area (Å²) >= 11 is 9.11. The molecule has 0 bridgehead atoms. The van der Waals surface area contributed by atoms with Crippen molar-refractivity contribution in [3.8, 4) is 0 Å². The maximum Gasteiger partial charge on any atom is 0.243 e. The second-order valence-corrected chi connectivity index (χ2v) is 7.65. The van der Waals surface area contributed by atoms with Crippen LogP contribution in [-0.2, 0) is 10.0 Å². The molecule has 1 aromatic heterocycles. The molecule has 1 atom stereocenters. The van der Waals surface area contributed by atoms with Crippen molar-refractivity contribution in [1.29, 1.82) is 0 Å². The van der Waals surface area contributed by atoms with E-state index < -0.39 is 10.0 Å². The molecule has 0 aliphatic rings. The standard InChI is InChI=1S/C13H20BrClN2O2S/c1-3-5-7-11(6-4-2)17-20(18,19)12-8-10(14)9-16-13(12)15/h8-9,11,17H,3-7H2,1-2H3. The molecule has 0 spiro atoms. The van der Waals surface area contributed by atoms with E-state index in [1.165, 1.54) is 12.3 Å². The van der Waals surface area contributed by atoms with Gasteiger partial charge in [-0.1, -0.05) is 44.7 Å². The molecule has 0 saturated carbocycles. The number of aromatic nitrogens is 1. The number of unbranched alkanes of at least 4 members (excludes halogenated alkanes) is 1. The van der Waals surface area contributed by atoms with Crippen molar-refractivity contribution in [1.82, 2.24) is 9.71 Å². The molecule has 4 nitrogen and oxygen atoms in total. The summed E-state index contributed by atoms with van der Waals surface area (Å²) in [6, 6.07) is 1.42. The van der Waals surface area contributed by atoms with Gasteiger partial charge in [-0.2, -0.15) is 0 Å². The molecule has 0 saturated heterocycles. The van der Waals surface area contributed by atoms with Gasteiger partial charge in [0.15, 0.2) is 0 Å². The molecule has 1 rings (SSSR count). The summed E-state index contributed by atoms with van der Waals surface area (Å²) in [5, 5.41) is -0.00793. The molecule has 0 aliphatic heterocycles. The first-order valence-corrected chi connectivity index (χ1v) is 9.39. The van der Waals surface area contributed by atoms with Gasteiger partial charge >= 0.3 is 0 Å². The van der Waals surface area contributed by atoms with Gasteiger partial charge in [0.25, 0.3) is 0 Å². The Morgan fingerprint density at radius 1 is 1.35 bits per heavy atom. The number of nitrogens with zero attached hydrogens (tertiary/aromatic N) is 1. The van der Waals surface area contributed by atoms with E-state index in [0.717, 1.165) is 32.1 Å². The van der Waals surface area contributed by atoms with E-state index >= 15 is 0 Å². The zero-order valence-electron chi connectivity index (χ0n) is 11.7. The minimum Gasteiger partial charge on any atom is -0.242 e. The highest BCUT2D eigenvalue weighted by Crippen LogP contribution is 2.23. The number of hydrogen-bond acceptors (Lipinski definition) is 3. The topological polar surface area (TPSA) is 59.1 Å². The number of nitrogens with one attached hydrogen (secondary N) is 1. The third kappa shape index (κ3) is 5.31. The van der Waals surface area contributed by atoms with Crippen LogP contribution in [0.15, 0.2) is 21.6 Å². The average Bonchev–Trinajstić information content (AvgIpc) is 2.38. The van der Waals surface area contributed by atoms with E-state index in [4.69, 9.17) is 11.6 Å². The molecular formula is C13H20BrClN2O2S. The average molecular weight is 384 g/mol. The Hall–Kier alpha value is -0.170. The van der Waals surface area contributed by atoms with Crippen molar-refractivity contribution in [2.75, 3.05) is 0 Å². The Balaban J connectivity index is 2.93. The fraction of sp³-hybridized carbons (Fsp3) is 0.615. The maximum atomic E-state index is 12.4. The summed E-state index contributed by atoms with van der Waals surface area (Å²) in [6.07, 6.45) is 6.10.